The van der Waals surface area contributed by atoms with E-state index in [0.29, 0.717) is 5.56 Å². The van der Waals surface area contributed by atoms with Gasteiger partial charge in [0.1, 0.15) is 0 Å². The molecule has 5 nitrogen and oxygen atoms in total. The van der Waals surface area contributed by atoms with Crippen LogP contribution in [0.2, 0.25) is 0 Å². The highest BCUT2D eigenvalue weighted by Gasteiger charge is 2.44. The molecule has 0 spiro atoms. The lowest BCUT2D eigenvalue weighted by Gasteiger charge is -2.40. The molecular weight excluding hydrogens is 422 g/mol. The first-order valence-electron chi connectivity index (χ1n) is 10.4. The Morgan fingerprint density at radius 2 is 1.53 bits per heavy atom. The van der Waals surface area contributed by atoms with E-state index in [1.165, 1.54) is 4.31 Å². The van der Waals surface area contributed by atoms with Gasteiger partial charge in [0, 0.05) is 0 Å². The Labute approximate surface area is 188 Å². The third-order valence-corrected chi connectivity index (χ3v) is 7.69. The number of benzene rings is 3. The molecule has 1 heterocycles. The van der Waals surface area contributed by atoms with E-state index in [9.17, 15) is 18.3 Å². The number of carboxylic acid groups (broad SMARTS) is 1. The van der Waals surface area contributed by atoms with Crippen molar-refractivity contribution in [3.63, 3.8) is 0 Å². The molecular formula is C26H25NO4S. The van der Waals surface area contributed by atoms with Gasteiger partial charge in [-0.05, 0) is 43.5 Å². The maximum atomic E-state index is 14.0. The number of carbonyl (C=O) groups is 1. The molecule has 1 aliphatic heterocycles. The third-order valence-electron chi connectivity index (χ3n) is 5.80. The van der Waals surface area contributed by atoms with Crippen LogP contribution in [0.25, 0.3) is 0 Å². The highest BCUT2D eigenvalue weighted by molar-refractivity contribution is 7.89. The highest BCUT2D eigenvalue weighted by Crippen LogP contribution is 2.45. The molecule has 0 radical (unpaired) electrons. The van der Waals surface area contributed by atoms with Gasteiger partial charge in [-0.1, -0.05) is 83.9 Å². The van der Waals surface area contributed by atoms with Crippen molar-refractivity contribution in [2.24, 2.45) is 0 Å². The second kappa shape index (κ2) is 8.73. The van der Waals surface area contributed by atoms with Gasteiger partial charge in [0.25, 0.3) is 0 Å². The molecule has 1 aliphatic rings. The Bertz CT molecular complexity index is 1260. The van der Waals surface area contributed by atoms with Crippen LogP contribution in [-0.4, -0.2) is 23.8 Å². The predicted octanol–water partition coefficient (Wildman–Crippen LogP) is 5.19. The lowest BCUT2D eigenvalue weighted by molar-refractivity contribution is -0.133. The number of hydrogen-bond acceptors (Lipinski definition) is 3. The normalized spacial score (nSPS) is 19.4. The first kappa shape index (κ1) is 22.0. The second-order valence-corrected chi connectivity index (χ2v) is 9.93. The molecule has 0 saturated carbocycles. The summed E-state index contributed by atoms with van der Waals surface area (Å²) < 4.78 is 29.4. The standard InChI is InChI=1S/C26H25NO4S/c1-18-11-13-22(14-12-18)32(30,31)27-24(20-8-4-3-5-9-20)16-15-23(26(28)29)25(27)21-10-6-7-19(2)17-21/h3-15,17,24-25H,16H2,1-2H3,(H,28,29)/t24-,25-/m0/s1. The van der Waals surface area contributed by atoms with E-state index in [4.69, 9.17) is 0 Å². The van der Waals surface area contributed by atoms with Gasteiger partial charge >= 0.3 is 5.97 Å². The summed E-state index contributed by atoms with van der Waals surface area (Å²) in [6.07, 6.45) is 1.94. The van der Waals surface area contributed by atoms with E-state index in [-0.39, 0.29) is 16.9 Å². The Kier molecular flexibility index (Phi) is 6.00. The van der Waals surface area contributed by atoms with Crippen LogP contribution in [0.4, 0.5) is 0 Å². The first-order valence-corrected chi connectivity index (χ1v) is 11.9. The van der Waals surface area contributed by atoms with Gasteiger partial charge in [-0.15, -0.1) is 0 Å². The molecule has 2 atom stereocenters. The Morgan fingerprint density at radius 1 is 0.875 bits per heavy atom. The molecule has 32 heavy (non-hydrogen) atoms. The Morgan fingerprint density at radius 3 is 2.16 bits per heavy atom. The molecule has 0 aliphatic carbocycles. The minimum atomic E-state index is -4.02. The fraction of sp³-hybridized carbons (Fsp3) is 0.192. The molecule has 0 bridgehead atoms. The highest BCUT2D eigenvalue weighted by atomic mass is 32.2. The summed E-state index contributed by atoms with van der Waals surface area (Å²) in [5, 5.41) is 10.00. The fourth-order valence-electron chi connectivity index (χ4n) is 4.24. The lowest BCUT2D eigenvalue weighted by atomic mass is 9.89. The zero-order valence-electron chi connectivity index (χ0n) is 18.0. The van der Waals surface area contributed by atoms with Crippen molar-refractivity contribution in [2.45, 2.75) is 37.2 Å². The van der Waals surface area contributed by atoms with Crippen LogP contribution in [0.5, 0.6) is 0 Å². The summed E-state index contributed by atoms with van der Waals surface area (Å²) in [7, 11) is -4.02. The van der Waals surface area contributed by atoms with Crippen LogP contribution < -0.4 is 0 Å². The van der Waals surface area contributed by atoms with E-state index in [1.54, 1.807) is 36.4 Å². The van der Waals surface area contributed by atoms with E-state index in [0.717, 1.165) is 16.7 Å². The van der Waals surface area contributed by atoms with Crippen LogP contribution in [0, 0.1) is 13.8 Å². The molecule has 0 aromatic heterocycles. The average molecular weight is 448 g/mol. The van der Waals surface area contributed by atoms with E-state index < -0.39 is 28.1 Å². The van der Waals surface area contributed by atoms with Crippen LogP contribution in [0.15, 0.2) is 95.4 Å². The fourth-order valence-corrected chi connectivity index (χ4v) is 6.02. The monoisotopic (exact) mass is 447 g/mol. The van der Waals surface area contributed by atoms with Gasteiger partial charge in [0.05, 0.1) is 22.6 Å². The Hall–Kier alpha value is -3.22. The molecule has 3 aromatic rings. The smallest absolute Gasteiger partial charge is 0.333 e. The molecule has 0 amide bonds. The van der Waals surface area contributed by atoms with Gasteiger partial charge in [-0.2, -0.15) is 4.31 Å². The summed E-state index contributed by atoms with van der Waals surface area (Å²) >= 11 is 0. The maximum absolute atomic E-state index is 14.0. The minimum Gasteiger partial charge on any atom is -0.478 e. The van der Waals surface area contributed by atoms with E-state index >= 15 is 0 Å². The van der Waals surface area contributed by atoms with Crippen molar-refractivity contribution in [3.8, 4) is 0 Å². The topological polar surface area (TPSA) is 74.7 Å². The van der Waals surface area contributed by atoms with Crippen molar-refractivity contribution < 1.29 is 18.3 Å². The maximum Gasteiger partial charge on any atom is 0.333 e. The molecule has 3 aromatic carbocycles. The van der Waals surface area contributed by atoms with Gasteiger partial charge in [0.15, 0.2) is 0 Å². The molecule has 6 heteroatoms. The zero-order chi connectivity index (χ0) is 22.9. The zero-order valence-corrected chi connectivity index (χ0v) is 18.8. The largest absolute Gasteiger partial charge is 0.478 e. The quantitative estimate of drug-likeness (QED) is 0.584. The van der Waals surface area contributed by atoms with Crippen LogP contribution >= 0.6 is 0 Å². The number of aliphatic carboxylic acids is 1. The minimum absolute atomic E-state index is 0.0680. The molecule has 0 unspecified atom stereocenters. The van der Waals surface area contributed by atoms with Crippen molar-refractivity contribution in [3.05, 3.63) is 113 Å². The number of rotatable bonds is 5. The number of hydrogen-bond donors (Lipinski definition) is 1. The van der Waals surface area contributed by atoms with E-state index in [1.807, 2.05) is 62.4 Å². The number of sulfonamides is 1. The molecule has 164 valence electrons. The molecule has 0 saturated heterocycles. The third kappa shape index (κ3) is 4.11. The van der Waals surface area contributed by atoms with Crippen LogP contribution in [-0.2, 0) is 14.8 Å². The Balaban J connectivity index is 1.97. The van der Waals surface area contributed by atoms with Gasteiger partial charge in [0.2, 0.25) is 10.0 Å². The second-order valence-electron chi connectivity index (χ2n) is 8.09. The summed E-state index contributed by atoms with van der Waals surface area (Å²) in [5.41, 5.74) is 3.40. The summed E-state index contributed by atoms with van der Waals surface area (Å²) in [6, 6.07) is 21.9. The number of aryl methyl sites for hydroxylation is 2. The van der Waals surface area contributed by atoms with Gasteiger partial charge in [-0.3, -0.25) is 0 Å². The van der Waals surface area contributed by atoms with Crippen LogP contribution in [0.3, 0.4) is 0 Å². The van der Waals surface area contributed by atoms with Crippen molar-refractivity contribution in [1.29, 1.82) is 0 Å². The summed E-state index contributed by atoms with van der Waals surface area (Å²) in [4.78, 5) is 12.4. The lowest BCUT2D eigenvalue weighted by Crippen LogP contribution is -2.42. The first-order chi connectivity index (χ1) is 15.3. The average Bonchev–Trinajstić information content (AvgIpc) is 2.79. The molecule has 0 fully saturated rings. The van der Waals surface area contributed by atoms with Crippen molar-refractivity contribution >= 4 is 16.0 Å². The number of nitrogens with zero attached hydrogens (tertiary/aromatic N) is 1. The van der Waals surface area contributed by atoms with Gasteiger partial charge < -0.3 is 5.11 Å². The van der Waals surface area contributed by atoms with E-state index in [2.05, 4.69) is 0 Å². The summed E-state index contributed by atoms with van der Waals surface area (Å²) in [5.74, 6) is -1.12. The summed E-state index contributed by atoms with van der Waals surface area (Å²) in [6.45, 7) is 3.80. The molecule has 1 N–H and O–H groups in total. The predicted molar refractivity (Wildman–Crippen MR) is 124 cm³/mol. The van der Waals surface area contributed by atoms with Crippen molar-refractivity contribution in [1.82, 2.24) is 4.31 Å². The van der Waals surface area contributed by atoms with Crippen LogP contribution in [0.1, 0.15) is 40.8 Å². The SMILES string of the molecule is Cc1ccc(S(=O)(=O)N2[C@@H](c3cccc(C)c3)C(C(=O)O)=CC[C@H]2c2ccccc2)cc1. The molecule has 4 rings (SSSR count). The van der Waals surface area contributed by atoms with Gasteiger partial charge in [-0.25, -0.2) is 13.2 Å². The van der Waals surface area contributed by atoms with Crippen molar-refractivity contribution in [2.75, 3.05) is 0 Å². The number of carboxylic acids is 1.